The van der Waals surface area contributed by atoms with Crippen molar-refractivity contribution < 1.29 is 4.16 Å². The first-order valence-corrected chi connectivity index (χ1v) is 3.12. The molecule has 1 rings (SSSR count). The number of nitrogens with zero attached hydrogens (tertiary/aromatic N) is 1. The Labute approximate surface area is 47.0 Å². The summed E-state index contributed by atoms with van der Waals surface area (Å²) in [5.41, 5.74) is 2.74. The third kappa shape index (κ3) is 1.31. The molecule has 0 spiro atoms. The Kier molecular flexibility index (Phi) is 1.25. The molecule has 1 heterocycles. The van der Waals surface area contributed by atoms with E-state index in [0.29, 0.717) is 0 Å². The van der Waals surface area contributed by atoms with Crippen LogP contribution in [0.1, 0.15) is 0 Å². The van der Waals surface area contributed by atoms with E-state index < -0.39 is 0 Å². The van der Waals surface area contributed by atoms with Gasteiger partial charge in [0.2, 0.25) is 0 Å². The van der Waals surface area contributed by atoms with Crippen LogP contribution in [0.5, 0.6) is 0 Å². The summed E-state index contributed by atoms with van der Waals surface area (Å²) in [5.74, 6) is 0.931. The van der Waals surface area contributed by atoms with Crippen LogP contribution in [0.2, 0.25) is 0 Å². The number of hydroxylamine groups is 1. The summed E-state index contributed by atoms with van der Waals surface area (Å²) in [6.45, 7) is 0.838. The van der Waals surface area contributed by atoms with E-state index in [2.05, 4.69) is 5.43 Å². The highest BCUT2D eigenvalue weighted by atomic mass is 32.2. The maximum Gasteiger partial charge on any atom is 0.0973 e. The molecular weight excluding hydrogens is 112 g/mol. The van der Waals surface area contributed by atoms with Gasteiger partial charge in [0.25, 0.3) is 0 Å². The molecular formula is C3H8N2OS. The van der Waals surface area contributed by atoms with E-state index in [9.17, 15) is 5.21 Å². The Balaban J connectivity index is 2.40. The van der Waals surface area contributed by atoms with Crippen molar-refractivity contribution in [1.82, 2.24) is 5.43 Å². The fourth-order valence-electron chi connectivity index (χ4n) is 0.514. The van der Waals surface area contributed by atoms with Crippen LogP contribution < -0.4 is 5.43 Å². The molecule has 1 unspecified atom stereocenters. The van der Waals surface area contributed by atoms with E-state index in [-0.39, 0.29) is 4.16 Å². The summed E-state index contributed by atoms with van der Waals surface area (Å²) in [4.78, 5) is 0. The van der Waals surface area contributed by atoms with Gasteiger partial charge < -0.3 is 5.21 Å². The Morgan fingerprint density at radius 3 is 2.71 bits per heavy atom. The summed E-state index contributed by atoms with van der Waals surface area (Å²) >= 11 is 1.37. The summed E-state index contributed by atoms with van der Waals surface area (Å²) in [7, 11) is 1.59. The molecule has 1 N–H and O–H groups in total. The van der Waals surface area contributed by atoms with Crippen molar-refractivity contribution in [2.24, 2.45) is 0 Å². The van der Waals surface area contributed by atoms with Crippen molar-refractivity contribution in [2.75, 3.05) is 19.3 Å². The van der Waals surface area contributed by atoms with E-state index in [1.54, 1.807) is 7.05 Å². The molecule has 1 atom stereocenters. The van der Waals surface area contributed by atoms with Crippen LogP contribution in [-0.2, 0) is 0 Å². The van der Waals surface area contributed by atoms with Crippen molar-refractivity contribution in [3.05, 3.63) is 5.21 Å². The molecule has 0 aromatic rings. The molecule has 0 aromatic heterocycles. The quantitative estimate of drug-likeness (QED) is 0.280. The summed E-state index contributed by atoms with van der Waals surface area (Å²) < 4.78 is -0.333. The molecule has 4 heteroatoms. The minimum atomic E-state index is -0.333. The molecule has 1 fully saturated rings. The molecule has 1 aliphatic heterocycles. The highest BCUT2D eigenvalue weighted by Gasteiger charge is 2.18. The van der Waals surface area contributed by atoms with Crippen LogP contribution in [0.4, 0.5) is 0 Å². The van der Waals surface area contributed by atoms with Crippen molar-refractivity contribution in [2.45, 2.75) is 0 Å². The summed E-state index contributed by atoms with van der Waals surface area (Å²) in [6, 6.07) is 0. The maximum atomic E-state index is 10.7. The Bertz CT molecular complexity index is 67.3. The van der Waals surface area contributed by atoms with E-state index in [4.69, 9.17) is 0 Å². The SMILES string of the molecule is C[N+]1([O-])NCCS1. The average molecular weight is 120 g/mol. The molecule has 0 radical (unpaired) electrons. The number of quaternary nitrogens is 1. The zero-order valence-electron chi connectivity index (χ0n) is 4.18. The first-order valence-electron chi connectivity index (χ1n) is 2.18. The molecule has 42 valence electrons. The lowest BCUT2D eigenvalue weighted by molar-refractivity contribution is -0.762. The molecule has 0 bridgehead atoms. The fourth-order valence-corrected chi connectivity index (χ4v) is 1.23. The second-order valence-electron chi connectivity index (χ2n) is 1.59. The predicted molar refractivity (Wildman–Crippen MR) is 30.0 cm³/mol. The zero-order valence-corrected chi connectivity index (χ0v) is 4.99. The molecule has 7 heavy (non-hydrogen) atoms. The lowest BCUT2D eigenvalue weighted by Crippen LogP contribution is -2.38. The van der Waals surface area contributed by atoms with Crippen LogP contribution in [0.25, 0.3) is 0 Å². The van der Waals surface area contributed by atoms with Gasteiger partial charge in [-0.25, -0.2) is 4.16 Å². The largest absolute Gasteiger partial charge is 0.600 e. The average Bonchev–Trinajstić information content (AvgIpc) is 1.84. The monoisotopic (exact) mass is 120 g/mol. The smallest absolute Gasteiger partial charge is 0.0973 e. The molecule has 3 nitrogen and oxygen atoms in total. The van der Waals surface area contributed by atoms with Gasteiger partial charge in [0.15, 0.2) is 0 Å². The standard InChI is InChI=1S/C3H8N2OS/c1-5(6)4-2-3-7-5/h4H,2-3H2,1H3. The minimum Gasteiger partial charge on any atom is -0.600 e. The van der Waals surface area contributed by atoms with Crippen molar-refractivity contribution in [3.8, 4) is 0 Å². The first-order chi connectivity index (χ1) is 3.21. The van der Waals surface area contributed by atoms with E-state index in [1.165, 1.54) is 11.9 Å². The van der Waals surface area contributed by atoms with Crippen molar-refractivity contribution >= 4 is 11.9 Å². The molecule has 1 saturated heterocycles. The van der Waals surface area contributed by atoms with Gasteiger partial charge in [-0.3, -0.25) is 0 Å². The van der Waals surface area contributed by atoms with Crippen LogP contribution in [0.3, 0.4) is 0 Å². The number of nitrogens with one attached hydrogen (secondary N) is 1. The topological polar surface area (TPSA) is 35.1 Å². The third-order valence-electron chi connectivity index (χ3n) is 0.839. The van der Waals surface area contributed by atoms with Gasteiger partial charge in [-0.1, -0.05) is 0 Å². The van der Waals surface area contributed by atoms with Gasteiger partial charge in [-0.05, 0) is 0 Å². The highest BCUT2D eigenvalue weighted by Crippen LogP contribution is 2.17. The predicted octanol–water partition coefficient (Wildman–Crippen LogP) is 0.0972. The lowest BCUT2D eigenvalue weighted by Gasteiger charge is -2.27. The van der Waals surface area contributed by atoms with Crippen LogP contribution >= 0.6 is 11.9 Å². The van der Waals surface area contributed by atoms with Gasteiger partial charge in [0.05, 0.1) is 31.3 Å². The zero-order chi connectivity index (χ0) is 5.33. The van der Waals surface area contributed by atoms with Crippen LogP contribution in [-0.4, -0.2) is 23.5 Å². The van der Waals surface area contributed by atoms with Gasteiger partial charge in [-0.2, -0.15) is 5.43 Å². The van der Waals surface area contributed by atoms with Crippen LogP contribution in [0.15, 0.2) is 0 Å². The molecule has 0 amide bonds. The first kappa shape index (κ1) is 5.37. The minimum absolute atomic E-state index is 0.333. The van der Waals surface area contributed by atoms with E-state index >= 15 is 0 Å². The highest BCUT2D eigenvalue weighted by molar-refractivity contribution is 7.94. The molecule has 0 aliphatic carbocycles. The molecule has 1 aliphatic rings. The van der Waals surface area contributed by atoms with Crippen molar-refractivity contribution in [3.63, 3.8) is 0 Å². The normalized spacial score (nSPS) is 42.0. The second kappa shape index (κ2) is 1.63. The number of rotatable bonds is 0. The summed E-state index contributed by atoms with van der Waals surface area (Å²) in [6.07, 6.45) is 0. The third-order valence-corrected chi connectivity index (χ3v) is 1.85. The summed E-state index contributed by atoms with van der Waals surface area (Å²) in [5, 5.41) is 10.7. The van der Waals surface area contributed by atoms with Gasteiger partial charge >= 0.3 is 0 Å². The van der Waals surface area contributed by atoms with E-state index in [0.717, 1.165) is 12.3 Å². The Hall–Kier alpha value is 0.230. The fraction of sp³-hybridized carbons (Fsp3) is 1.00. The second-order valence-corrected chi connectivity index (χ2v) is 2.95. The van der Waals surface area contributed by atoms with Crippen molar-refractivity contribution in [1.29, 1.82) is 0 Å². The van der Waals surface area contributed by atoms with Crippen LogP contribution in [0, 0.1) is 5.21 Å². The molecule has 0 saturated carbocycles. The maximum absolute atomic E-state index is 10.7. The van der Waals surface area contributed by atoms with E-state index in [1.807, 2.05) is 0 Å². The lowest BCUT2D eigenvalue weighted by atomic mass is 10.8. The van der Waals surface area contributed by atoms with Gasteiger partial charge in [-0.15, -0.1) is 0 Å². The van der Waals surface area contributed by atoms with Gasteiger partial charge in [0, 0.05) is 0 Å². The number of hydrogen-bond acceptors (Lipinski definition) is 3. The Morgan fingerprint density at radius 1 is 1.86 bits per heavy atom. The molecule has 0 aromatic carbocycles. The van der Waals surface area contributed by atoms with Gasteiger partial charge in [0.1, 0.15) is 0 Å². The number of hydrogen-bond donors (Lipinski definition) is 1. The Morgan fingerprint density at radius 2 is 2.57 bits per heavy atom.